The van der Waals surface area contributed by atoms with Crippen molar-refractivity contribution in [2.24, 2.45) is 0 Å². The van der Waals surface area contributed by atoms with Gasteiger partial charge in [-0.05, 0) is 27.7 Å². The summed E-state index contributed by atoms with van der Waals surface area (Å²) in [5.74, 6) is 0. The van der Waals surface area contributed by atoms with E-state index >= 15 is 0 Å². The lowest BCUT2D eigenvalue weighted by Gasteiger charge is -2.09. The van der Waals surface area contributed by atoms with Gasteiger partial charge in [-0.1, -0.05) is 23.3 Å². The molecule has 0 saturated carbocycles. The molecule has 0 aliphatic rings. The van der Waals surface area contributed by atoms with Gasteiger partial charge >= 0.3 is 7.82 Å². The van der Waals surface area contributed by atoms with E-state index in [4.69, 9.17) is 9.05 Å². The minimum atomic E-state index is -3.89. The Hall–Kier alpha value is -0.410. The summed E-state index contributed by atoms with van der Waals surface area (Å²) in [6, 6.07) is 0. The van der Waals surface area contributed by atoms with E-state index in [1.54, 1.807) is 12.2 Å². The highest BCUT2D eigenvalue weighted by molar-refractivity contribution is 7.47. The van der Waals surface area contributed by atoms with E-state index in [0.717, 1.165) is 11.1 Å². The number of phosphoric acid groups is 1. The van der Waals surface area contributed by atoms with Crippen molar-refractivity contribution in [2.75, 3.05) is 13.2 Å². The van der Waals surface area contributed by atoms with Gasteiger partial charge in [0.25, 0.3) is 0 Å². The zero-order chi connectivity index (χ0) is 11.9. The molecular weight excluding hydrogens is 215 g/mol. The van der Waals surface area contributed by atoms with E-state index in [-0.39, 0.29) is 13.2 Å². The summed E-state index contributed by atoms with van der Waals surface area (Å²) in [6.07, 6.45) is 3.43. The molecule has 0 saturated heterocycles. The normalized spacial score (nSPS) is 11.0. The molecule has 0 spiro atoms. The van der Waals surface area contributed by atoms with Crippen LogP contribution in [0.4, 0.5) is 0 Å². The molecule has 5 heteroatoms. The predicted molar refractivity (Wildman–Crippen MR) is 60.6 cm³/mol. The maximum Gasteiger partial charge on any atom is 0.472 e. The van der Waals surface area contributed by atoms with Crippen molar-refractivity contribution in [2.45, 2.75) is 27.7 Å². The first-order valence-corrected chi connectivity index (χ1v) is 6.21. The molecule has 0 heterocycles. The summed E-state index contributed by atoms with van der Waals surface area (Å²) in [5.41, 5.74) is 2.05. The second-order valence-electron chi connectivity index (χ2n) is 3.62. The number of rotatable bonds is 6. The van der Waals surface area contributed by atoms with Crippen LogP contribution >= 0.6 is 7.82 Å². The fraction of sp³-hybridized carbons (Fsp3) is 0.600. The molecule has 0 unspecified atom stereocenters. The summed E-state index contributed by atoms with van der Waals surface area (Å²) < 4.78 is 20.6. The highest BCUT2D eigenvalue weighted by Gasteiger charge is 2.18. The van der Waals surface area contributed by atoms with Gasteiger partial charge in [0, 0.05) is 0 Å². The zero-order valence-corrected chi connectivity index (χ0v) is 10.6. The van der Waals surface area contributed by atoms with Crippen LogP contribution in [0.25, 0.3) is 0 Å². The molecule has 15 heavy (non-hydrogen) atoms. The second kappa shape index (κ2) is 6.96. The van der Waals surface area contributed by atoms with Crippen LogP contribution in [0.1, 0.15) is 27.7 Å². The van der Waals surface area contributed by atoms with E-state index in [1.807, 2.05) is 27.7 Å². The maximum absolute atomic E-state index is 11.2. The van der Waals surface area contributed by atoms with E-state index in [2.05, 4.69) is 0 Å². The van der Waals surface area contributed by atoms with Crippen LogP contribution < -0.4 is 0 Å². The van der Waals surface area contributed by atoms with Crippen LogP contribution in [0, 0.1) is 0 Å². The van der Waals surface area contributed by atoms with Crippen molar-refractivity contribution in [3.05, 3.63) is 23.3 Å². The van der Waals surface area contributed by atoms with Crippen LogP contribution in [0.5, 0.6) is 0 Å². The van der Waals surface area contributed by atoms with Crippen molar-refractivity contribution >= 4 is 7.82 Å². The van der Waals surface area contributed by atoms with Crippen LogP contribution in [0.3, 0.4) is 0 Å². The molecule has 0 atom stereocenters. The molecule has 0 radical (unpaired) electrons. The molecular formula is C10H19O4P. The molecule has 0 bridgehead atoms. The molecule has 0 fully saturated rings. The number of hydrogen-bond donors (Lipinski definition) is 1. The SMILES string of the molecule is CC(C)=CCOP(=O)(O)OCC=C(C)C. The van der Waals surface area contributed by atoms with Gasteiger partial charge < -0.3 is 4.89 Å². The van der Waals surface area contributed by atoms with E-state index in [9.17, 15) is 9.46 Å². The Morgan fingerprint density at radius 1 is 1.07 bits per heavy atom. The van der Waals surface area contributed by atoms with Gasteiger partial charge in [0.15, 0.2) is 0 Å². The zero-order valence-electron chi connectivity index (χ0n) is 9.69. The van der Waals surface area contributed by atoms with Crippen LogP contribution in [-0.4, -0.2) is 18.1 Å². The van der Waals surface area contributed by atoms with Crippen molar-refractivity contribution in [3.63, 3.8) is 0 Å². The second-order valence-corrected chi connectivity index (χ2v) is 5.08. The van der Waals surface area contributed by atoms with E-state index in [1.165, 1.54) is 0 Å². The summed E-state index contributed by atoms with van der Waals surface area (Å²) in [6.45, 7) is 7.71. The van der Waals surface area contributed by atoms with Crippen LogP contribution in [-0.2, 0) is 13.6 Å². The molecule has 1 N–H and O–H groups in total. The Bertz CT molecular complexity index is 260. The molecule has 0 aliphatic heterocycles. The third-order valence-corrected chi connectivity index (χ3v) is 2.41. The van der Waals surface area contributed by atoms with E-state index < -0.39 is 7.82 Å². The van der Waals surface area contributed by atoms with Crippen LogP contribution in [0.15, 0.2) is 23.3 Å². The lowest BCUT2D eigenvalue weighted by atomic mass is 10.3. The molecule has 4 nitrogen and oxygen atoms in total. The molecule has 0 amide bonds. The van der Waals surface area contributed by atoms with Gasteiger partial charge in [0.1, 0.15) is 0 Å². The first-order valence-electron chi connectivity index (χ1n) is 4.72. The van der Waals surface area contributed by atoms with Gasteiger partial charge in [0.2, 0.25) is 0 Å². The number of phosphoric ester groups is 1. The van der Waals surface area contributed by atoms with Gasteiger partial charge in [-0.2, -0.15) is 0 Å². The maximum atomic E-state index is 11.2. The first kappa shape index (κ1) is 14.6. The highest BCUT2D eigenvalue weighted by Crippen LogP contribution is 2.42. The molecule has 0 aromatic heterocycles. The lowest BCUT2D eigenvalue weighted by molar-refractivity contribution is 0.174. The summed E-state index contributed by atoms with van der Waals surface area (Å²) in [7, 11) is -3.89. The van der Waals surface area contributed by atoms with Crippen molar-refractivity contribution in [1.29, 1.82) is 0 Å². The van der Waals surface area contributed by atoms with Crippen molar-refractivity contribution in [1.82, 2.24) is 0 Å². The molecule has 0 aromatic rings. The standard InChI is InChI=1S/C10H19O4P/c1-9(2)5-7-13-15(11,12)14-8-6-10(3)4/h5-6H,7-8H2,1-4H3,(H,11,12). The molecule has 0 rings (SSSR count). The quantitative estimate of drug-likeness (QED) is 0.567. The summed E-state index contributed by atoms with van der Waals surface area (Å²) in [4.78, 5) is 9.19. The Balaban J connectivity index is 3.93. The average molecular weight is 234 g/mol. The Morgan fingerprint density at radius 2 is 1.40 bits per heavy atom. The third-order valence-electron chi connectivity index (χ3n) is 1.46. The fourth-order valence-corrected chi connectivity index (χ4v) is 1.23. The van der Waals surface area contributed by atoms with Gasteiger partial charge in [-0.3, -0.25) is 9.05 Å². The third kappa shape index (κ3) is 9.88. The van der Waals surface area contributed by atoms with Gasteiger partial charge in [-0.25, -0.2) is 4.57 Å². The minimum absolute atomic E-state index is 0.0882. The largest absolute Gasteiger partial charge is 0.472 e. The predicted octanol–water partition coefficient (Wildman–Crippen LogP) is 3.05. The number of hydrogen-bond acceptors (Lipinski definition) is 3. The highest BCUT2D eigenvalue weighted by atomic mass is 31.2. The fourth-order valence-electron chi connectivity index (χ4n) is 0.634. The van der Waals surface area contributed by atoms with Gasteiger partial charge in [-0.15, -0.1) is 0 Å². The molecule has 88 valence electrons. The monoisotopic (exact) mass is 234 g/mol. The molecule has 0 aliphatic carbocycles. The average Bonchev–Trinajstić information content (AvgIpc) is 2.01. The molecule has 0 aromatic carbocycles. The summed E-state index contributed by atoms with van der Waals surface area (Å²) in [5, 5.41) is 0. The van der Waals surface area contributed by atoms with Gasteiger partial charge in [0.05, 0.1) is 13.2 Å². The minimum Gasteiger partial charge on any atom is -0.302 e. The Labute approximate surface area is 91.2 Å². The van der Waals surface area contributed by atoms with E-state index in [0.29, 0.717) is 0 Å². The van der Waals surface area contributed by atoms with Crippen molar-refractivity contribution in [3.8, 4) is 0 Å². The topological polar surface area (TPSA) is 55.8 Å². The summed E-state index contributed by atoms with van der Waals surface area (Å²) >= 11 is 0. The number of allylic oxidation sites excluding steroid dienone is 2. The lowest BCUT2D eigenvalue weighted by Crippen LogP contribution is -1.96. The first-order chi connectivity index (χ1) is 6.83. The Kier molecular flexibility index (Phi) is 6.77. The van der Waals surface area contributed by atoms with Crippen molar-refractivity contribution < 1.29 is 18.5 Å². The Morgan fingerprint density at radius 3 is 1.67 bits per heavy atom. The van der Waals surface area contributed by atoms with Crippen LogP contribution in [0.2, 0.25) is 0 Å². The smallest absolute Gasteiger partial charge is 0.302 e.